The molecule has 0 aliphatic carbocycles. The maximum Gasteiger partial charge on any atom is 0.255 e. The summed E-state index contributed by atoms with van der Waals surface area (Å²) in [7, 11) is 0. The molecule has 0 spiro atoms. The van der Waals surface area contributed by atoms with Crippen LogP contribution in [0.15, 0.2) is 16.9 Å². The molecule has 17 heavy (non-hydrogen) atoms. The summed E-state index contributed by atoms with van der Waals surface area (Å²) in [4.78, 5) is 12.3. The minimum Gasteiger partial charge on any atom is -0.324 e. The molecule has 0 radical (unpaired) electrons. The van der Waals surface area contributed by atoms with Gasteiger partial charge < -0.3 is 10.3 Å². The van der Waals surface area contributed by atoms with Crippen molar-refractivity contribution < 1.29 is 0 Å². The summed E-state index contributed by atoms with van der Waals surface area (Å²) < 4.78 is 1.90. The van der Waals surface area contributed by atoms with E-state index in [2.05, 4.69) is 20.8 Å². The molecule has 0 aromatic carbocycles. The molecule has 1 atom stereocenters. The lowest BCUT2D eigenvalue weighted by Gasteiger charge is -2.18. The van der Waals surface area contributed by atoms with Gasteiger partial charge in [-0.05, 0) is 25.3 Å². The van der Waals surface area contributed by atoms with Crippen molar-refractivity contribution in [3.63, 3.8) is 0 Å². The van der Waals surface area contributed by atoms with Gasteiger partial charge in [-0.1, -0.05) is 33.3 Å². The van der Waals surface area contributed by atoms with Crippen LogP contribution in [0.3, 0.4) is 0 Å². The minimum atomic E-state index is -0.198. The Morgan fingerprint density at radius 1 is 1.29 bits per heavy atom. The molecule has 2 N–H and O–H groups in total. The third-order valence-corrected chi connectivity index (χ3v) is 3.05. The van der Waals surface area contributed by atoms with Crippen molar-refractivity contribution in [1.82, 2.24) is 4.57 Å². The van der Waals surface area contributed by atoms with Crippen LogP contribution in [0.1, 0.15) is 63.8 Å². The van der Waals surface area contributed by atoms with E-state index in [-0.39, 0.29) is 11.6 Å². The van der Waals surface area contributed by atoms with Gasteiger partial charge in [0.25, 0.3) is 5.56 Å². The van der Waals surface area contributed by atoms with Crippen molar-refractivity contribution in [2.75, 3.05) is 0 Å². The highest BCUT2D eigenvalue weighted by Gasteiger charge is 2.13. The molecule has 0 saturated heterocycles. The van der Waals surface area contributed by atoms with E-state index in [9.17, 15) is 4.79 Å². The maximum absolute atomic E-state index is 12.3. The Hall–Kier alpha value is -1.09. The summed E-state index contributed by atoms with van der Waals surface area (Å²) in [5.41, 5.74) is 7.73. The molecular weight excluding hydrogens is 212 g/mol. The zero-order chi connectivity index (χ0) is 13.0. The van der Waals surface area contributed by atoms with Gasteiger partial charge in [0.1, 0.15) is 0 Å². The Balaban J connectivity index is 3.26. The number of unbranched alkanes of at least 4 members (excludes halogenated alkanes) is 1. The predicted octanol–water partition coefficient (Wildman–Crippen LogP) is 2.79. The van der Waals surface area contributed by atoms with Crippen LogP contribution in [0.25, 0.3) is 0 Å². The van der Waals surface area contributed by atoms with E-state index in [0.29, 0.717) is 11.5 Å². The smallest absolute Gasteiger partial charge is 0.255 e. The molecule has 0 saturated carbocycles. The quantitative estimate of drug-likeness (QED) is 0.854. The second-order valence-corrected chi connectivity index (χ2v) is 4.97. The van der Waals surface area contributed by atoms with Gasteiger partial charge in [0, 0.05) is 23.8 Å². The Kier molecular flexibility index (Phi) is 4.94. The fourth-order valence-corrected chi connectivity index (χ4v) is 2.01. The van der Waals surface area contributed by atoms with E-state index in [1.165, 1.54) is 0 Å². The van der Waals surface area contributed by atoms with Gasteiger partial charge in [-0.25, -0.2) is 0 Å². The molecule has 0 amide bonds. The number of pyridine rings is 1. The van der Waals surface area contributed by atoms with Crippen LogP contribution in [0, 0.1) is 0 Å². The van der Waals surface area contributed by atoms with E-state index < -0.39 is 0 Å². The standard InChI is InChI=1S/C14H24N2O/c1-5-6-9-16-13(10(2)3)8-7-12(11(4)15)14(16)17/h7-8,10-11H,5-6,9,15H2,1-4H3. The van der Waals surface area contributed by atoms with Crippen LogP contribution in [-0.2, 0) is 6.54 Å². The molecule has 3 heteroatoms. The first-order valence-electron chi connectivity index (χ1n) is 6.48. The zero-order valence-corrected chi connectivity index (χ0v) is 11.4. The molecule has 0 bridgehead atoms. The van der Waals surface area contributed by atoms with E-state index >= 15 is 0 Å². The first-order chi connectivity index (χ1) is 7.99. The lowest BCUT2D eigenvalue weighted by Crippen LogP contribution is -2.30. The molecule has 1 unspecified atom stereocenters. The van der Waals surface area contributed by atoms with Gasteiger partial charge in [0.05, 0.1) is 0 Å². The van der Waals surface area contributed by atoms with E-state index in [1.807, 2.05) is 23.6 Å². The van der Waals surface area contributed by atoms with Crippen LogP contribution < -0.4 is 11.3 Å². The van der Waals surface area contributed by atoms with Crippen LogP contribution in [0.5, 0.6) is 0 Å². The Morgan fingerprint density at radius 2 is 1.94 bits per heavy atom. The highest BCUT2D eigenvalue weighted by atomic mass is 16.1. The van der Waals surface area contributed by atoms with Crippen LogP contribution in [0.2, 0.25) is 0 Å². The highest BCUT2D eigenvalue weighted by Crippen LogP contribution is 2.15. The number of rotatable bonds is 5. The van der Waals surface area contributed by atoms with Gasteiger partial charge in [-0.3, -0.25) is 4.79 Å². The second-order valence-electron chi connectivity index (χ2n) is 4.97. The Labute approximate surface area is 104 Å². The largest absolute Gasteiger partial charge is 0.324 e. The average molecular weight is 236 g/mol. The number of aromatic nitrogens is 1. The topological polar surface area (TPSA) is 48.0 Å². The molecule has 3 nitrogen and oxygen atoms in total. The maximum atomic E-state index is 12.3. The van der Waals surface area contributed by atoms with Crippen LogP contribution >= 0.6 is 0 Å². The molecule has 1 heterocycles. The van der Waals surface area contributed by atoms with Crippen molar-refractivity contribution >= 4 is 0 Å². The monoisotopic (exact) mass is 236 g/mol. The van der Waals surface area contributed by atoms with E-state index in [4.69, 9.17) is 5.73 Å². The third kappa shape index (κ3) is 3.19. The summed E-state index contributed by atoms with van der Waals surface area (Å²) in [6, 6.07) is 3.72. The predicted molar refractivity (Wildman–Crippen MR) is 72.3 cm³/mol. The summed E-state index contributed by atoms with van der Waals surface area (Å²) in [5.74, 6) is 0.363. The van der Waals surface area contributed by atoms with Gasteiger partial charge in [0.15, 0.2) is 0 Å². The normalized spacial score (nSPS) is 13.1. The molecule has 1 rings (SSSR count). The molecule has 1 aromatic rings. The molecule has 96 valence electrons. The van der Waals surface area contributed by atoms with Gasteiger partial charge in [-0.15, -0.1) is 0 Å². The lowest BCUT2D eigenvalue weighted by molar-refractivity contribution is 0.561. The van der Waals surface area contributed by atoms with Crippen molar-refractivity contribution in [2.24, 2.45) is 5.73 Å². The zero-order valence-electron chi connectivity index (χ0n) is 11.4. The fraction of sp³-hybridized carbons (Fsp3) is 0.643. The first kappa shape index (κ1) is 14.0. The minimum absolute atomic E-state index is 0.0830. The van der Waals surface area contributed by atoms with Crippen molar-refractivity contribution in [3.05, 3.63) is 33.7 Å². The number of hydrogen-bond donors (Lipinski definition) is 1. The van der Waals surface area contributed by atoms with E-state index in [1.54, 1.807) is 0 Å². The van der Waals surface area contributed by atoms with E-state index in [0.717, 1.165) is 25.1 Å². The average Bonchev–Trinajstić information content (AvgIpc) is 2.26. The second kappa shape index (κ2) is 6.01. The van der Waals surface area contributed by atoms with Gasteiger partial charge in [-0.2, -0.15) is 0 Å². The van der Waals surface area contributed by atoms with Gasteiger partial charge in [0.2, 0.25) is 0 Å². The Bertz CT molecular complexity index is 419. The SMILES string of the molecule is CCCCn1c(C(C)C)ccc(C(C)N)c1=O. The summed E-state index contributed by atoms with van der Waals surface area (Å²) in [6.45, 7) is 9.01. The highest BCUT2D eigenvalue weighted by molar-refractivity contribution is 5.20. The molecule has 0 fully saturated rings. The summed E-state index contributed by atoms with van der Waals surface area (Å²) in [5, 5.41) is 0. The Morgan fingerprint density at radius 3 is 2.41 bits per heavy atom. The number of nitrogens with two attached hydrogens (primary N) is 1. The van der Waals surface area contributed by atoms with Crippen molar-refractivity contribution in [1.29, 1.82) is 0 Å². The lowest BCUT2D eigenvalue weighted by atomic mass is 10.1. The molecule has 0 aliphatic heterocycles. The molecule has 0 aliphatic rings. The van der Waals surface area contributed by atoms with Gasteiger partial charge >= 0.3 is 0 Å². The number of nitrogens with zero attached hydrogens (tertiary/aromatic N) is 1. The molecule has 1 aromatic heterocycles. The summed E-state index contributed by atoms with van der Waals surface area (Å²) in [6.07, 6.45) is 2.12. The summed E-state index contributed by atoms with van der Waals surface area (Å²) >= 11 is 0. The molecular formula is C14H24N2O. The number of hydrogen-bond acceptors (Lipinski definition) is 2. The van der Waals surface area contributed by atoms with Crippen LogP contribution in [0.4, 0.5) is 0 Å². The fourth-order valence-electron chi connectivity index (χ4n) is 2.01. The first-order valence-corrected chi connectivity index (χ1v) is 6.48. The third-order valence-electron chi connectivity index (χ3n) is 3.05. The van der Waals surface area contributed by atoms with Crippen LogP contribution in [-0.4, -0.2) is 4.57 Å². The van der Waals surface area contributed by atoms with Crippen molar-refractivity contribution in [2.45, 2.75) is 59.0 Å². The van der Waals surface area contributed by atoms with Crippen molar-refractivity contribution in [3.8, 4) is 0 Å².